The third-order valence-corrected chi connectivity index (χ3v) is 2.42. The van der Waals surface area contributed by atoms with Crippen LogP contribution in [0.2, 0.25) is 0 Å². The number of ether oxygens (including phenoxy) is 1. The lowest BCUT2D eigenvalue weighted by Gasteiger charge is -2.11. The third kappa shape index (κ3) is 2.96. The molecule has 1 aromatic carbocycles. The van der Waals surface area contributed by atoms with Crippen LogP contribution >= 0.6 is 15.9 Å². The van der Waals surface area contributed by atoms with E-state index < -0.39 is 0 Å². The summed E-state index contributed by atoms with van der Waals surface area (Å²) in [5, 5.41) is 0. The van der Waals surface area contributed by atoms with Crippen LogP contribution in [0.4, 0.5) is 4.39 Å². The van der Waals surface area contributed by atoms with E-state index in [4.69, 9.17) is 10.5 Å². The van der Waals surface area contributed by atoms with Crippen LogP contribution in [0, 0.1) is 0 Å². The van der Waals surface area contributed by atoms with Crippen molar-refractivity contribution in [3.05, 3.63) is 28.2 Å². The SMILES string of the molecule is NCc1cccc(Br)c1OCCCF. The maximum absolute atomic E-state index is 11.9. The Morgan fingerprint density at radius 2 is 2.21 bits per heavy atom. The summed E-state index contributed by atoms with van der Waals surface area (Å²) in [7, 11) is 0. The number of nitrogens with two attached hydrogens (primary N) is 1. The van der Waals surface area contributed by atoms with Crippen LogP contribution < -0.4 is 10.5 Å². The lowest BCUT2D eigenvalue weighted by molar-refractivity contribution is 0.285. The monoisotopic (exact) mass is 261 g/mol. The Morgan fingerprint density at radius 3 is 2.86 bits per heavy atom. The first-order valence-electron chi connectivity index (χ1n) is 4.45. The molecule has 0 aliphatic carbocycles. The largest absolute Gasteiger partial charge is 0.492 e. The molecule has 4 heteroatoms. The van der Waals surface area contributed by atoms with E-state index in [-0.39, 0.29) is 6.67 Å². The highest BCUT2D eigenvalue weighted by Crippen LogP contribution is 2.28. The van der Waals surface area contributed by atoms with E-state index in [1.165, 1.54) is 0 Å². The van der Waals surface area contributed by atoms with Gasteiger partial charge in [0.2, 0.25) is 0 Å². The van der Waals surface area contributed by atoms with Gasteiger partial charge in [-0.1, -0.05) is 12.1 Å². The van der Waals surface area contributed by atoms with Gasteiger partial charge in [-0.25, -0.2) is 0 Å². The minimum atomic E-state index is -0.359. The highest BCUT2D eigenvalue weighted by atomic mass is 79.9. The first kappa shape index (κ1) is 11.5. The molecule has 0 bridgehead atoms. The van der Waals surface area contributed by atoms with E-state index in [1.54, 1.807) is 0 Å². The number of hydrogen-bond donors (Lipinski definition) is 1. The van der Waals surface area contributed by atoms with Gasteiger partial charge < -0.3 is 10.5 Å². The number of halogens is 2. The first-order chi connectivity index (χ1) is 6.79. The Bertz CT molecular complexity index is 293. The molecule has 0 amide bonds. The molecule has 0 aromatic heterocycles. The zero-order chi connectivity index (χ0) is 10.4. The third-order valence-electron chi connectivity index (χ3n) is 1.79. The molecule has 0 heterocycles. The van der Waals surface area contributed by atoms with Gasteiger partial charge in [-0.2, -0.15) is 0 Å². The van der Waals surface area contributed by atoms with Crippen molar-refractivity contribution in [1.29, 1.82) is 0 Å². The van der Waals surface area contributed by atoms with Crippen LogP contribution in [0.15, 0.2) is 22.7 Å². The molecule has 1 rings (SSSR count). The van der Waals surface area contributed by atoms with Crippen molar-refractivity contribution in [2.75, 3.05) is 13.3 Å². The molecule has 78 valence electrons. The second-order valence-corrected chi connectivity index (χ2v) is 3.68. The summed E-state index contributed by atoms with van der Waals surface area (Å²) in [6, 6.07) is 5.67. The van der Waals surface area contributed by atoms with Crippen molar-refractivity contribution in [1.82, 2.24) is 0 Å². The van der Waals surface area contributed by atoms with Crippen LogP contribution in [-0.4, -0.2) is 13.3 Å². The van der Waals surface area contributed by atoms with Crippen LogP contribution in [0.1, 0.15) is 12.0 Å². The molecule has 0 aliphatic rings. The van der Waals surface area contributed by atoms with Gasteiger partial charge in [-0.05, 0) is 22.0 Å². The molecule has 1 aromatic rings. The fraction of sp³-hybridized carbons (Fsp3) is 0.400. The second kappa shape index (κ2) is 5.98. The molecule has 0 saturated carbocycles. The number of benzene rings is 1. The lowest BCUT2D eigenvalue weighted by atomic mass is 10.2. The van der Waals surface area contributed by atoms with Gasteiger partial charge in [0.25, 0.3) is 0 Å². The molecular formula is C10H13BrFNO. The van der Waals surface area contributed by atoms with Crippen molar-refractivity contribution in [2.45, 2.75) is 13.0 Å². The van der Waals surface area contributed by atoms with Gasteiger partial charge in [0.15, 0.2) is 0 Å². The number of rotatable bonds is 5. The van der Waals surface area contributed by atoms with E-state index in [9.17, 15) is 4.39 Å². The minimum absolute atomic E-state index is 0.359. The van der Waals surface area contributed by atoms with Gasteiger partial charge in [0, 0.05) is 18.5 Å². The van der Waals surface area contributed by atoms with Gasteiger partial charge >= 0.3 is 0 Å². The zero-order valence-electron chi connectivity index (χ0n) is 7.80. The molecule has 0 aliphatic heterocycles. The predicted molar refractivity (Wildman–Crippen MR) is 58.1 cm³/mol. The Kier molecular flexibility index (Phi) is 4.90. The number of para-hydroxylation sites is 1. The summed E-state index contributed by atoms with van der Waals surface area (Å²) in [5.41, 5.74) is 6.48. The van der Waals surface area contributed by atoms with Crippen LogP contribution in [0.25, 0.3) is 0 Å². The lowest BCUT2D eigenvalue weighted by Crippen LogP contribution is -2.04. The molecular weight excluding hydrogens is 249 g/mol. The van der Waals surface area contributed by atoms with Gasteiger partial charge in [0.05, 0.1) is 17.8 Å². The summed E-state index contributed by atoms with van der Waals surface area (Å²) >= 11 is 3.37. The number of alkyl halides is 1. The fourth-order valence-electron chi connectivity index (χ4n) is 1.10. The topological polar surface area (TPSA) is 35.2 Å². The van der Waals surface area contributed by atoms with Crippen molar-refractivity contribution < 1.29 is 9.13 Å². The normalized spacial score (nSPS) is 10.2. The van der Waals surface area contributed by atoms with Crippen molar-refractivity contribution >= 4 is 15.9 Å². The average Bonchev–Trinajstić information content (AvgIpc) is 2.20. The summed E-state index contributed by atoms with van der Waals surface area (Å²) in [5.74, 6) is 0.725. The molecule has 0 fully saturated rings. The number of hydrogen-bond acceptors (Lipinski definition) is 2. The molecule has 0 saturated heterocycles. The molecule has 0 unspecified atom stereocenters. The molecule has 0 atom stereocenters. The molecule has 0 radical (unpaired) electrons. The Morgan fingerprint density at radius 1 is 1.43 bits per heavy atom. The predicted octanol–water partition coefficient (Wildman–Crippen LogP) is 2.65. The average molecular weight is 262 g/mol. The maximum Gasteiger partial charge on any atom is 0.137 e. The van der Waals surface area contributed by atoms with Crippen molar-refractivity contribution in [3.63, 3.8) is 0 Å². The fourth-order valence-corrected chi connectivity index (χ4v) is 1.63. The minimum Gasteiger partial charge on any atom is -0.492 e. The van der Waals surface area contributed by atoms with Gasteiger partial charge in [0.1, 0.15) is 5.75 Å². The maximum atomic E-state index is 11.9. The van der Waals surface area contributed by atoms with E-state index >= 15 is 0 Å². The van der Waals surface area contributed by atoms with Crippen LogP contribution in [-0.2, 0) is 6.54 Å². The summed E-state index contributed by atoms with van der Waals surface area (Å²) in [4.78, 5) is 0. The smallest absolute Gasteiger partial charge is 0.137 e. The Hall–Kier alpha value is -0.610. The Labute approximate surface area is 91.4 Å². The molecule has 0 spiro atoms. The van der Waals surface area contributed by atoms with Crippen molar-refractivity contribution in [3.8, 4) is 5.75 Å². The molecule has 14 heavy (non-hydrogen) atoms. The highest BCUT2D eigenvalue weighted by Gasteiger charge is 2.05. The van der Waals surface area contributed by atoms with E-state index in [2.05, 4.69) is 15.9 Å². The second-order valence-electron chi connectivity index (χ2n) is 2.82. The summed E-state index contributed by atoms with van der Waals surface area (Å²) in [6.07, 6.45) is 0.408. The van der Waals surface area contributed by atoms with Gasteiger partial charge in [-0.3, -0.25) is 4.39 Å². The first-order valence-corrected chi connectivity index (χ1v) is 5.25. The van der Waals surface area contributed by atoms with Crippen LogP contribution in [0.5, 0.6) is 5.75 Å². The molecule has 2 N–H and O–H groups in total. The van der Waals surface area contributed by atoms with Gasteiger partial charge in [-0.15, -0.1) is 0 Å². The van der Waals surface area contributed by atoms with Crippen molar-refractivity contribution in [2.24, 2.45) is 5.73 Å². The Balaban J connectivity index is 2.72. The highest BCUT2D eigenvalue weighted by molar-refractivity contribution is 9.10. The summed E-state index contributed by atoms with van der Waals surface area (Å²) in [6.45, 7) is 0.443. The standard InChI is InChI=1S/C10H13BrFNO/c11-9-4-1-3-8(7-13)10(9)14-6-2-5-12/h1,3-4H,2,5-7,13H2. The van der Waals surface area contributed by atoms with E-state index in [0.29, 0.717) is 19.6 Å². The molecule has 2 nitrogen and oxygen atoms in total. The quantitative estimate of drug-likeness (QED) is 0.828. The summed E-state index contributed by atoms with van der Waals surface area (Å²) < 4.78 is 18.2. The van der Waals surface area contributed by atoms with E-state index in [0.717, 1.165) is 15.8 Å². The van der Waals surface area contributed by atoms with Crippen LogP contribution in [0.3, 0.4) is 0 Å². The van der Waals surface area contributed by atoms with E-state index in [1.807, 2.05) is 18.2 Å². The zero-order valence-corrected chi connectivity index (χ0v) is 9.39.